The Kier molecular flexibility index (Phi) is 5.63. The number of phenols is 1. The first kappa shape index (κ1) is 22.4. The SMILES string of the molecule is CC(=O)c1sc(N2C(=O)C(=O)/C(=C(\O)c3cc(C)ccc3C)C2c2ccc(O)cc2)nc1C. The van der Waals surface area contributed by atoms with Crippen molar-refractivity contribution in [2.75, 3.05) is 4.90 Å². The Labute approximate surface area is 194 Å². The number of aliphatic hydroxyl groups is 1. The van der Waals surface area contributed by atoms with Crippen LogP contribution in [0, 0.1) is 20.8 Å². The number of carbonyl (C=O) groups excluding carboxylic acids is 3. The van der Waals surface area contributed by atoms with Gasteiger partial charge in [0.2, 0.25) is 0 Å². The fourth-order valence-corrected chi connectivity index (χ4v) is 4.94. The largest absolute Gasteiger partial charge is 0.508 e. The van der Waals surface area contributed by atoms with Gasteiger partial charge in [-0.2, -0.15) is 0 Å². The molecule has 8 heteroatoms. The molecule has 2 N–H and O–H groups in total. The Morgan fingerprint density at radius 1 is 1.06 bits per heavy atom. The van der Waals surface area contributed by atoms with Crippen LogP contribution >= 0.6 is 11.3 Å². The first-order chi connectivity index (χ1) is 15.6. The van der Waals surface area contributed by atoms with Gasteiger partial charge in [0.05, 0.1) is 22.2 Å². The van der Waals surface area contributed by atoms with Gasteiger partial charge in [-0.1, -0.05) is 41.2 Å². The molecule has 0 spiro atoms. The molecule has 0 bridgehead atoms. The lowest BCUT2D eigenvalue weighted by Crippen LogP contribution is -2.29. The molecule has 1 unspecified atom stereocenters. The van der Waals surface area contributed by atoms with Gasteiger partial charge in [0.25, 0.3) is 5.78 Å². The Morgan fingerprint density at radius 3 is 2.33 bits per heavy atom. The topological polar surface area (TPSA) is 108 Å². The highest BCUT2D eigenvalue weighted by atomic mass is 32.1. The standard InChI is InChI=1S/C25H22N2O5S/c1-12-5-6-13(2)18(11-12)21(30)19-20(16-7-9-17(29)10-8-16)27(24(32)22(19)31)25-26-14(3)23(33-25)15(4)28/h5-11,20,29-30H,1-4H3/b21-19-. The number of ketones is 2. The number of hydrogen-bond donors (Lipinski definition) is 2. The van der Waals surface area contributed by atoms with Gasteiger partial charge >= 0.3 is 5.91 Å². The molecule has 33 heavy (non-hydrogen) atoms. The summed E-state index contributed by atoms with van der Waals surface area (Å²) in [5.74, 6) is -2.14. The monoisotopic (exact) mass is 462 g/mol. The van der Waals surface area contributed by atoms with Gasteiger partial charge in [0.1, 0.15) is 11.5 Å². The highest BCUT2D eigenvalue weighted by molar-refractivity contribution is 7.18. The van der Waals surface area contributed by atoms with Crippen molar-refractivity contribution < 1.29 is 24.6 Å². The second kappa shape index (κ2) is 8.29. The lowest BCUT2D eigenvalue weighted by atomic mass is 9.93. The van der Waals surface area contributed by atoms with Crippen molar-refractivity contribution in [3.63, 3.8) is 0 Å². The maximum absolute atomic E-state index is 13.2. The fraction of sp³-hybridized carbons (Fsp3) is 0.200. The van der Waals surface area contributed by atoms with E-state index in [4.69, 9.17) is 0 Å². The van der Waals surface area contributed by atoms with Gasteiger partial charge in [-0.3, -0.25) is 19.3 Å². The van der Waals surface area contributed by atoms with E-state index >= 15 is 0 Å². The number of aromatic hydroxyl groups is 1. The minimum Gasteiger partial charge on any atom is -0.508 e. The quantitative estimate of drug-likeness (QED) is 0.254. The predicted octanol–water partition coefficient (Wildman–Crippen LogP) is 4.60. The van der Waals surface area contributed by atoms with Crippen LogP contribution in [0.1, 0.15) is 50.6 Å². The number of nitrogens with zero attached hydrogens (tertiary/aromatic N) is 2. The number of thiazole rings is 1. The molecule has 3 aromatic rings. The molecule has 0 aliphatic carbocycles. The molecule has 7 nitrogen and oxygen atoms in total. The number of anilines is 1. The summed E-state index contributed by atoms with van der Waals surface area (Å²) in [7, 11) is 0. The summed E-state index contributed by atoms with van der Waals surface area (Å²) >= 11 is 1.03. The molecule has 1 aliphatic heterocycles. The highest BCUT2D eigenvalue weighted by Crippen LogP contribution is 2.44. The Bertz CT molecular complexity index is 1340. The van der Waals surface area contributed by atoms with E-state index < -0.39 is 17.7 Å². The van der Waals surface area contributed by atoms with Gasteiger partial charge < -0.3 is 10.2 Å². The van der Waals surface area contributed by atoms with E-state index in [-0.39, 0.29) is 28.0 Å². The number of Topliss-reactive ketones (excluding diaryl/α,β-unsaturated/α-hetero) is 2. The normalized spacial score (nSPS) is 17.6. The van der Waals surface area contributed by atoms with Gasteiger partial charge in [-0.25, -0.2) is 4.98 Å². The van der Waals surface area contributed by atoms with Crippen LogP contribution in [0.3, 0.4) is 0 Å². The summed E-state index contributed by atoms with van der Waals surface area (Å²) in [5, 5.41) is 21.2. The first-order valence-electron chi connectivity index (χ1n) is 10.3. The number of aliphatic hydroxyl groups excluding tert-OH is 1. The lowest BCUT2D eigenvalue weighted by molar-refractivity contribution is -0.132. The Balaban J connectivity index is 1.98. The summed E-state index contributed by atoms with van der Waals surface area (Å²) < 4.78 is 0. The van der Waals surface area contributed by atoms with Crippen molar-refractivity contribution in [1.82, 2.24) is 4.98 Å². The zero-order chi connectivity index (χ0) is 24.0. The summed E-state index contributed by atoms with van der Waals surface area (Å²) in [5.41, 5.74) is 2.99. The molecule has 168 valence electrons. The van der Waals surface area contributed by atoms with Crippen molar-refractivity contribution in [1.29, 1.82) is 0 Å². The zero-order valence-electron chi connectivity index (χ0n) is 18.5. The van der Waals surface area contributed by atoms with E-state index in [1.54, 1.807) is 25.1 Å². The zero-order valence-corrected chi connectivity index (χ0v) is 19.4. The number of benzene rings is 2. The summed E-state index contributed by atoms with van der Waals surface area (Å²) in [6.45, 7) is 6.76. The Morgan fingerprint density at radius 2 is 1.73 bits per heavy atom. The summed E-state index contributed by atoms with van der Waals surface area (Å²) in [6, 6.07) is 10.6. The van der Waals surface area contributed by atoms with Crippen LogP contribution in [0.25, 0.3) is 5.76 Å². The second-order valence-corrected chi connectivity index (χ2v) is 9.02. The average molecular weight is 463 g/mol. The maximum atomic E-state index is 13.2. The van der Waals surface area contributed by atoms with Gasteiger partial charge in [-0.05, 0) is 50.1 Å². The number of aryl methyl sites for hydroxylation is 3. The van der Waals surface area contributed by atoms with Gasteiger partial charge in [0, 0.05) is 12.5 Å². The number of carbonyl (C=O) groups is 3. The fourth-order valence-electron chi connectivity index (χ4n) is 3.95. The van der Waals surface area contributed by atoms with E-state index in [0.717, 1.165) is 22.5 Å². The van der Waals surface area contributed by atoms with Crippen LogP contribution in [0.2, 0.25) is 0 Å². The van der Waals surface area contributed by atoms with E-state index in [2.05, 4.69) is 4.98 Å². The number of phenolic OH excluding ortho intramolecular Hbond substituents is 1. The molecule has 1 aliphatic rings. The smallest absolute Gasteiger partial charge is 0.301 e. The van der Waals surface area contributed by atoms with E-state index in [1.807, 2.05) is 26.0 Å². The number of amides is 1. The molecule has 4 rings (SSSR count). The van der Waals surface area contributed by atoms with Crippen molar-refractivity contribution in [3.05, 3.63) is 80.9 Å². The van der Waals surface area contributed by atoms with Crippen molar-refractivity contribution in [2.24, 2.45) is 0 Å². The summed E-state index contributed by atoms with van der Waals surface area (Å²) in [4.78, 5) is 44.4. The molecule has 1 fully saturated rings. The second-order valence-electron chi connectivity index (χ2n) is 8.05. The summed E-state index contributed by atoms with van der Waals surface area (Å²) in [6.07, 6.45) is 0. The third-order valence-corrected chi connectivity index (χ3v) is 6.87. The van der Waals surface area contributed by atoms with Crippen LogP contribution in [0.15, 0.2) is 48.0 Å². The highest BCUT2D eigenvalue weighted by Gasteiger charge is 2.48. The molecule has 0 radical (unpaired) electrons. The minimum absolute atomic E-state index is 0.0224. The molecule has 1 aromatic heterocycles. The van der Waals surface area contributed by atoms with Gasteiger partial charge in [0.15, 0.2) is 10.9 Å². The van der Waals surface area contributed by atoms with E-state index in [0.29, 0.717) is 21.7 Å². The van der Waals surface area contributed by atoms with Crippen molar-refractivity contribution in [3.8, 4) is 5.75 Å². The van der Waals surface area contributed by atoms with Gasteiger partial charge in [-0.15, -0.1) is 0 Å². The van der Waals surface area contributed by atoms with Crippen LogP contribution in [-0.4, -0.2) is 32.7 Å². The lowest BCUT2D eigenvalue weighted by Gasteiger charge is -2.23. The van der Waals surface area contributed by atoms with Crippen LogP contribution in [-0.2, 0) is 9.59 Å². The van der Waals surface area contributed by atoms with Crippen LogP contribution < -0.4 is 4.90 Å². The first-order valence-corrected chi connectivity index (χ1v) is 11.1. The molecular formula is C25H22N2O5S. The predicted molar refractivity (Wildman–Crippen MR) is 126 cm³/mol. The number of aromatic nitrogens is 1. The molecule has 2 aromatic carbocycles. The van der Waals surface area contributed by atoms with Crippen molar-refractivity contribution in [2.45, 2.75) is 33.7 Å². The molecule has 0 saturated carbocycles. The van der Waals surface area contributed by atoms with Crippen LogP contribution in [0.5, 0.6) is 5.75 Å². The molecule has 1 amide bonds. The van der Waals surface area contributed by atoms with E-state index in [1.165, 1.54) is 24.0 Å². The average Bonchev–Trinajstić information content (AvgIpc) is 3.27. The maximum Gasteiger partial charge on any atom is 0.301 e. The van der Waals surface area contributed by atoms with Crippen LogP contribution in [0.4, 0.5) is 5.13 Å². The van der Waals surface area contributed by atoms with E-state index in [9.17, 15) is 24.6 Å². The Hall–Kier alpha value is -3.78. The third-order valence-electron chi connectivity index (χ3n) is 5.61. The minimum atomic E-state index is -0.976. The molecule has 1 saturated heterocycles. The molecular weight excluding hydrogens is 440 g/mol. The number of hydrogen-bond acceptors (Lipinski definition) is 7. The number of rotatable bonds is 4. The molecule has 2 heterocycles. The molecule has 1 atom stereocenters. The van der Waals surface area contributed by atoms with Crippen molar-refractivity contribution >= 4 is 39.7 Å². The third kappa shape index (κ3) is 3.82.